The van der Waals surface area contributed by atoms with Gasteiger partial charge in [0.1, 0.15) is 11.8 Å². The number of carbonyl (C=O) groups is 1. The Labute approximate surface area is 110 Å². The largest absolute Gasteiger partial charge is 0.347 e. The van der Waals surface area contributed by atoms with Crippen molar-refractivity contribution in [3.8, 4) is 6.07 Å². The fourth-order valence-electron chi connectivity index (χ4n) is 1.56. The molecule has 0 radical (unpaired) electrons. The van der Waals surface area contributed by atoms with Gasteiger partial charge in [-0.2, -0.15) is 5.26 Å². The molecule has 2 heterocycles. The monoisotopic (exact) mass is 252 g/mol. The van der Waals surface area contributed by atoms with Crippen molar-refractivity contribution < 1.29 is 4.79 Å². The van der Waals surface area contributed by atoms with Gasteiger partial charge in [-0.05, 0) is 36.2 Å². The second-order valence-electron chi connectivity index (χ2n) is 4.03. The molecule has 0 aliphatic rings. The molecule has 0 spiro atoms. The fraction of sp³-hybridized carbons (Fsp3) is 0.143. The summed E-state index contributed by atoms with van der Waals surface area (Å²) in [7, 11) is 0. The number of pyridine rings is 2. The smallest absolute Gasteiger partial charge is 0.270 e. The van der Waals surface area contributed by atoms with Gasteiger partial charge in [-0.1, -0.05) is 0 Å². The Morgan fingerprint density at radius 1 is 1.37 bits per heavy atom. The van der Waals surface area contributed by atoms with Gasteiger partial charge < -0.3 is 5.32 Å². The summed E-state index contributed by atoms with van der Waals surface area (Å²) in [6.45, 7) is 2.36. The Bertz CT molecular complexity index is 629. The van der Waals surface area contributed by atoms with Crippen LogP contribution in [-0.2, 0) is 6.54 Å². The Hall–Kier alpha value is -2.74. The topological polar surface area (TPSA) is 78.7 Å². The highest BCUT2D eigenvalue weighted by atomic mass is 16.1. The highest BCUT2D eigenvalue weighted by Gasteiger charge is 2.07. The van der Waals surface area contributed by atoms with E-state index in [2.05, 4.69) is 15.3 Å². The van der Waals surface area contributed by atoms with Gasteiger partial charge in [0.25, 0.3) is 5.91 Å². The molecule has 1 N–H and O–H groups in total. The lowest BCUT2D eigenvalue weighted by Gasteiger charge is -2.06. The summed E-state index contributed by atoms with van der Waals surface area (Å²) in [6, 6.07) is 6.92. The van der Waals surface area contributed by atoms with Crippen LogP contribution in [0, 0.1) is 18.3 Å². The van der Waals surface area contributed by atoms with Gasteiger partial charge in [-0.3, -0.25) is 9.78 Å². The number of aryl methyl sites for hydroxylation is 1. The zero-order chi connectivity index (χ0) is 13.7. The molecule has 0 aliphatic carbocycles. The van der Waals surface area contributed by atoms with E-state index in [9.17, 15) is 4.79 Å². The molecule has 0 fully saturated rings. The van der Waals surface area contributed by atoms with Crippen LogP contribution in [0.4, 0.5) is 0 Å². The van der Waals surface area contributed by atoms with Gasteiger partial charge in [-0.25, -0.2) is 4.98 Å². The number of nitriles is 1. The maximum atomic E-state index is 11.9. The number of carbonyl (C=O) groups excluding carboxylic acids is 1. The van der Waals surface area contributed by atoms with E-state index in [1.165, 1.54) is 12.3 Å². The Balaban J connectivity index is 2.02. The summed E-state index contributed by atoms with van der Waals surface area (Å²) in [5.74, 6) is -0.263. The van der Waals surface area contributed by atoms with Crippen LogP contribution < -0.4 is 5.32 Å². The molecule has 0 unspecified atom stereocenters. The fourth-order valence-corrected chi connectivity index (χ4v) is 1.56. The van der Waals surface area contributed by atoms with Crippen LogP contribution in [0.3, 0.4) is 0 Å². The predicted octanol–water partition coefficient (Wildman–Crippen LogP) is 1.59. The maximum absolute atomic E-state index is 11.9. The van der Waals surface area contributed by atoms with Crippen LogP contribution >= 0.6 is 0 Å². The van der Waals surface area contributed by atoms with Crippen molar-refractivity contribution >= 4 is 5.91 Å². The number of nitrogens with zero attached hydrogens (tertiary/aromatic N) is 3. The van der Waals surface area contributed by atoms with Gasteiger partial charge in [0, 0.05) is 25.1 Å². The molecule has 5 heteroatoms. The van der Waals surface area contributed by atoms with Gasteiger partial charge in [0.2, 0.25) is 0 Å². The van der Waals surface area contributed by atoms with E-state index in [1.54, 1.807) is 18.5 Å². The number of aromatic nitrogens is 2. The Morgan fingerprint density at radius 2 is 2.21 bits per heavy atom. The van der Waals surface area contributed by atoms with Crippen LogP contribution in [0.25, 0.3) is 0 Å². The molecule has 2 rings (SSSR count). The number of amides is 1. The summed E-state index contributed by atoms with van der Waals surface area (Å²) < 4.78 is 0. The molecule has 2 aromatic rings. The third-order valence-corrected chi connectivity index (χ3v) is 2.70. The Kier molecular flexibility index (Phi) is 3.84. The Morgan fingerprint density at radius 3 is 2.84 bits per heavy atom. The molecule has 0 aromatic carbocycles. The summed E-state index contributed by atoms with van der Waals surface area (Å²) in [5.41, 5.74) is 2.76. The number of rotatable bonds is 3. The SMILES string of the molecule is Cc1cnccc1CNC(=O)c1ccc(C#N)cn1. The molecule has 2 aromatic heterocycles. The van der Waals surface area contributed by atoms with Crippen molar-refractivity contribution in [3.05, 3.63) is 59.2 Å². The van der Waals surface area contributed by atoms with E-state index >= 15 is 0 Å². The third kappa shape index (κ3) is 3.13. The van der Waals surface area contributed by atoms with Crippen molar-refractivity contribution in [2.75, 3.05) is 0 Å². The van der Waals surface area contributed by atoms with E-state index in [4.69, 9.17) is 5.26 Å². The summed E-state index contributed by atoms with van der Waals surface area (Å²) in [6.07, 6.45) is 4.82. The van der Waals surface area contributed by atoms with Gasteiger partial charge in [0.05, 0.1) is 5.56 Å². The minimum atomic E-state index is -0.263. The highest BCUT2D eigenvalue weighted by Crippen LogP contribution is 2.05. The average Bonchev–Trinajstić information content (AvgIpc) is 2.46. The second kappa shape index (κ2) is 5.74. The van der Waals surface area contributed by atoms with E-state index in [1.807, 2.05) is 19.1 Å². The van der Waals surface area contributed by atoms with Crippen LogP contribution in [0.2, 0.25) is 0 Å². The first kappa shape index (κ1) is 12.7. The third-order valence-electron chi connectivity index (χ3n) is 2.70. The quantitative estimate of drug-likeness (QED) is 0.899. The normalized spacial score (nSPS) is 9.68. The predicted molar refractivity (Wildman–Crippen MR) is 69.1 cm³/mol. The van der Waals surface area contributed by atoms with Gasteiger partial charge in [-0.15, -0.1) is 0 Å². The van der Waals surface area contributed by atoms with Crippen LogP contribution in [0.1, 0.15) is 27.2 Å². The van der Waals surface area contributed by atoms with Crippen LogP contribution in [0.15, 0.2) is 36.8 Å². The molecular weight excluding hydrogens is 240 g/mol. The molecular formula is C14H12N4O. The molecule has 0 aliphatic heterocycles. The van der Waals surface area contributed by atoms with Crippen molar-refractivity contribution in [3.63, 3.8) is 0 Å². The zero-order valence-corrected chi connectivity index (χ0v) is 10.4. The molecule has 19 heavy (non-hydrogen) atoms. The zero-order valence-electron chi connectivity index (χ0n) is 10.4. The van der Waals surface area contributed by atoms with Crippen LogP contribution in [-0.4, -0.2) is 15.9 Å². The lowest BCUT2D eigenvalue weighted by Crippen LogP contribution is -2.24. The molecule has 5 nitrogen and oxygen atoms in total. The molecule has 0 saturated carbocycles. The van der Waals surface area contributed by atoms with E-state index in [0.717, 1.165) is 11.1 Å². The lowest BCUT2D eigenvalue weighted by atomic mass is 10.1. The first-order chi connectivity index (χ1) is 9.20. The molecule has 0 saturated heterocycles. The summed E-state index contributed by atoms with van der Waals surface area (Å²) >= 11 is 0. The minimum Gasteiger partial charge on any atom is -0.347 e. The number of hydrogen-bond donors (Lipinski definition) is 1. The lowest BCUT2D eigenvalue weighted by molar-refractivity contribution is 0.0946. The van der Waals surface area contributed by atoms with E-state index < -0.39 is 0 Å². The minimum absolute atomic E-state index is 0.263. The first-order valence-corrected chi connectivity index (χ1v) is 5.74. The first-order valence-electron chi connectivity index (χ1n) is 5.74. The van der Waals surface area contributed by atoms with Crippen molar-refractivity contribution in [2.24, 2.45) is 0 Å². The average molecular weight is 252 g/mol. The standard InChI is InChI=1S/C14H12N4O/c1-10-7-16-5-4-12(10)9-18-14(19)13-3-2-11(6-15)8-17-13/h2-5,7-8H,9H2,1H3,(H,18,19). The highest BCUT2D eigenvalue weighted by molar-refractivity contribution is 5.92. The molecule has 0 atom stereocenters. The van der Waals surface area contributed by atoms with Crippen molar-refractivity contribution in [1.82, 2.24) is 15.3 Å². The van der Waals surface area contributed by atoms with E-state index in [-0.39, 0.29) is 5.91 Å². The number of nitrogens with one attached hydrogen (secondary N) is 1. The van der Waals surface area contributed by atoms with E-state index in [0.29, 0.717) is 17.8 Å². The van der Waals surface area contributed by atoms with Crippen molar-refractivity contribution in [2.45, 2.75) is 13.5 Å². The number of hydrogen-bond acceptors (Lipinski definition) is 4. The summed E-state index contributed by atoms with van der Waals surface area (Å²) in [4.78, 5) is 19.8. The maximum Gasteiger partial charge on any atom is 0.270 e. The second-order valence-corrected chi connectivity index (χ2v) is 4.03. The van der Waals surface area contributed by atoms with Crippen molar-refractivity contribution in [1.29, 1.82) is 5.26 Å². The van der Waals surface area contributed by atoms with Gasteiger partial charge in [0.15, 0.2) is 0 Å². The van der Waals surface area contributed by atoms with Crippen LogP contribution in [0.5, 0.6) is 0 Å². The molecule has 1 amide bonds. The summed E-state index contributed by atoms with van der Waals surface area (Å²) in [5, 5.41) is 11.4. The van der Waals surface area contributed by atoms with Gasteiger partial charge >= 0.3 is 0 Å². The molecule has 94 valence electrons. The molecule has 0 bridgehead atoms.